The van der Waals surface area contributed by atoms with Crippen LogP contribution >= 0.6 is 0 Å². The number of quaternary nitrogens is 1. The molecule has 0 aromatic rings. The van der Waals surface area contributed by atoms with Crippen molar-refractivity contribution < 1.29 is 15.1 Å². The summed E-state index contributed by atoms with van der Waals surface area (Å²) in [7, 11) is 3.86. The van der Waals surface area contributed by atoms with Crippen LogP contribution in [0.5, 0.6) is 0 Å². The van der Waals surface area contributed by atoms with E-state index in [1.807, 2.05) is 14.1 Å². The van der Waals surface area contributed by atoms with Gasteiger partial charge in [0.15, 0.2) is 0 Å². The van der Waals surface area contributed by atoms with Gasteiger partial charge in [-0.15, -0.1) is 0 Å². The summed E-state index contributed by atoms with van der Waals surface area (Å²) in [5.41, 5.74) is 0. The van der Waals surface area contributed by atoms with Gasteiger partial charge in [-0.05, 0) is 0 Å². The molecule has 1 atom stereocenters. The Balaban J connectivity index is 3.10. The van der Waals surface area contributed by atoms with E-state index in [0.29, 0.717) is 6.54 Å². The van der Waals surface area contributed by atoms with E-state index in [2.05, 4.69) is 0 Å². The largest absolute Gasteiger partial charge is 0.393 e. The van der Waals surface area contributed by atoms with Crippen LogP contribution in [0, 0.1) is 0 Å². The normalized spacial score (nSPS) is 14.6. The zero-order chi connectivity index (χ0) is 6.57. The summed E-state index contributed by atoms with van der Waals surface area (Å²) in [4.78, 5) is 1.14. The van der Waals surface area contributed by atoms with Crippen LogP contribution in [0.25, 0.3) is 0 Å². The predicted octanol–water partition coefficient (Wildman–Crippen LogP) is -2.52. The molecule has 0 bridgehead atoms. The highest BCUT2D eigenvalue weighted by Gasteiger charge is 2.03. The average molecular weight is 120 g/mol. The fourth-order valence-corrected chi connectivity index (χ4v) is 0.536. The van der Waals surface area contributed by atoms with Gasteiger partial charge in [-0.25, -0.2) is 0 Å². The predicted molar refractivity (Wildman–Crippen MR) is 30.8 cm³/mol. The lowest BCUT2D eigenvalue weighted by molar-refractivity contribution is -0.861. The molecule has 0 fully saturated rings. The van der Waals surface area contributed by atoms with Gasteiger partial charge < -0.3 is 15.1 Å². The van der Waals surface area contributed by atoms with E-state index in [0.717, 1.165) is 4.90 Å². The van der Waals surface area contributed by atoms with Crippen LogP contribution < -0.4 is 4.90 Å². The Morgan fingerprint density at radius 3 is 2.12 bits per heavy atom. The van der Waals surface area contributed by atoms with Gasteiger partial charge in [-0.2, -0.15) is 0 Å². The third-order valence-corrected chi connectivity index (χ3v) is 0.855. The lowest BCUT2D eigenvalue weighted by atomic mass is 10.4. The summed E-state index contributed by atoms with van der Waals surface area (Å²) < 4.78 is 0. The van der Waals surface area contributed by atoms with Crippen LogP contribution in [0.1, 0.15) is 0 Å². The van der Waals surface area contributed by atoms with Crippen molar-refractivity contribution in [2.45, 2.75) is 6.10 Å². The van der Waals surface area contributed by atoms with Crippen molar-refractivity contribution in [3.05, 3.63) is 0 Å². The Morgan fingerprint density at radius 1 is 1.50 bits per heavy atom. The van der Waals surface area contributed by atoms with E-state index in [1.165, 1.54) is 0 Å². The number of hydrogen-bond acceptors (Lipinski definition) is 2. The van der Waals surface area contributed by atoms with Crippen molar-refractivity contribution in [1.29, 1.82) is 0 Å². The number of aliphatic hydroxyl groups is 2. The molecule has 0 spiro atoms. The van der Waals surface area contributed by atoms with Gasteiger partial charge in [0.05, 0.1) is 20.7 Å². The monoisotopic (exact) mass is 120 g/mol. The molecule has 0 aliphatic rings. The smallest absolute Gasteiger partial charge is 0.126 e. The molecule has 3 heteroatoms. The highest BCUT2D eigenvalue weighted by atomic mass is 16.3. The van der Waals surface area contributed by atoms with Crippen molar-refractivity contribution in [2.75, 3.05) is 27.2 Å². The first kappa shape index (κ1) is 7.88. The van der Waals surface area contributed by atoms with Crippen molar-refractivity contribution in [2.24, 2.45) is 0 Å². The van der Waals surface area contributed by atoms with Crippen molar-refractivity contribution in [1.82, 2.24) is 0 Å². The van der Waals surface area contributed by atoms with E-state index in [-0.39, 0.29) is 6.61 Å². The number of hydrogen-bond donors (Lipinski definition) is 3. The topological polar surface area (TPSA) is 44.9 Å². The van der Waals surface area contributed by atoms with Crippen LogP contribution in [0.15, 0.2) is 0 Å². The Hall–Kier alpha value is -0.120. The van der Waals surface area contributed by atoms with Crippen molar-refractivity contribution >= 4 is 0 Å². The first-order chi connectivity index (χ1) is 3.66. The highest BCUT2D eigenvalue weighted by molar-refractivity contribution is 4.44. The maximum absolute atomic E-state index is 8.76. The number of aliphatic hydroxyl groups excluding tert-OH is 2. The molecule has 0 unspecified atom stereocenters. The first-order valence-electron chi connectivity index (χ1n) is 2.74. The van der Waals surface area contributed by atoms with Crippen LogP contribution in [0.3, 0.4) is 0 Å². The summed E-state index contributed by atoms with van der Waals surface area (Å²) >= 11 is 0. The third kappa shape index (κ3) is 4.05. The van der Waals surface area contributed by atoms with Gasteiger partial charge in [0.2, 0.25) is 0 Å². The summed E-state index contributed by atoms with van der Waals surface area (Å²) in [5.74, 6) is 0. The first-order valence-corrected chi connectivity index (χ1v) is 2.74. The third-order valence-electron chi connectivity index (χ3n) is 0.855. The van der Waals surface area contributed by atoms with Gasteiger partial charge in [-0.3, -0.25) is 0 Å². The standard InChI is InChI=1S/C5H13NO2/c1-6(2)3-5(8)4-7/h5,7-8H,3-4H2,1-2H3/p+1/t5-/m0/s1. The number of nitrogens with one attached hydrogen (secondary N) is 1. The maximum atomic E-state index is 8.76. The lowest BCUT2D eigenvalue weighted by Gasteiger charge is -2.09. The van der Waals surface area contributed by atoms with Gasteiger partial charge in [-0.1, -0.05) is 0 Å². The molecule has 0 amide bonds. The lowest BCUT2D eigenvalue weighted by Crippen LogP contribution is -3.07. The molecule has 0 saturated carbocycles. The molecule has 0 heterocycles. The van der Waals surface area contributed by atoms with Crippen LogP contribution in [-0.4, -0.2) is 43.6 Å². The van der Waals surface area contributed by atoms with E-state index in [9.17, 15) is 0 Å². The molecular weight excluding hydrogens is 106 g/mol. The van der Waals surface area contributed by atoms with Gasteiger partial charge in [0, 0.05) is 0 Å². The molecule has 0 rings (SSSR count). The minimum Gasteiger partial charge on any atom is -0.393 e. The summed E-state index contributed by atoms with van der Waals surface area (Å²) in [6.45, 7) is 0.474. The van der Waals surface area contributed by atoms with Crippen molar-refractivity contribution in [3.8, 4) is 0 Å². The summed E-state index contributed by atoms with van der Waals surface area (Å²) in [5, 5.41) is 17.1. The Bertz CT molecular complexity index is 56.4. The molecule has 0 aliphatic heterocycles. The fourth-order valence-electron chi connectivity index (χ4n) is 0.536. The minimum absolute atomic E-state index is 0.134. The van der Waals surface area contributed by atoms with Gasteiger partial charge in [0.1, 0.15) is 12.6 Å². The fraction of sp³-hybridized carbons (Fsp3) is 1.00. The molecule has 3 nitrogen and oxygen atoms in total. The second-order valence-corrected chi connectivity index (χ2v) is 2.25. The molecule has 0 aliphatic carbocycles. The molecule has 8 heavy (non-hydrogen) atoms. The van der Waals surface area contributed by atoms with Crippen LogP contribution in [-0.2, 0) is 0 Å². The van der Waals surface area contributed by atoms with E-state index in [4.69, 9.17) is 10.2 Å². The molecule has 0 aromatic heterocycles. The molecular formula is C5H14NO2+. The maximum Gasteiger partial charge on any atom is 0.126 e. The zero-order valence-corrected chi connectivity index (χ0v) is 5.39. The minimum atomic E-state index is -0.556. The second kappa shape index (κ2) is 3.83. The molecule has 0 radical (unpaired) electrons. The Labute approximate surface area is 49.5 Å². The number of rotatable bonds is 3. The summed E-state index contributed by atoms with van der Waals surface area (Å²) in [6.07, 6.45) is -0.556. The van der Waals surface area contributed by atoms with Gasteiger partial charge >= 0.3 is 0 Å². The molecule has 0 aromatic carbocycles. The number of likely N-dealkylation sites (N-methyl/N-ethyl adjacent to an activating group) is 1. The SMILES string of the molecule is C[NH+](C)C[C@H](O)CO. The van der Waals surface area contributed by atoms with E-state index < -0.39 is 6.10 Å². The zero-order valence-electron chi connectivity index (χ0n) is 5.39. The highest BCUT2D eigenvalue weighted by Crippen LogP contribution is 1.69. The average Bonchev–Trinajstić information content (AvgIpc) is 1.65. The van der Waals surface area contributed by atoms with Crippen LogP contribution in [0.2, 0.25) is 0 Å². The second-order valence-electron chi connectivity index (χ2n) is 2.25. The Morgan fingerprint density at radius 2 is 2.00 bits per heavy atom. The van der Waals surface area contributed by atoms with Crippen LogP contribution in [0.4, 0.5) is 0 Å². The van der Waals surface area contributed by atoms with E-state index in [1.54, 1.807) is 0 Å². The van der Waals surface area contributed by atoms with Gasteiger partial charge in [0.25, 0.3) is 0 Å². The molecule has 50 valence electrons. The quantitative estimate of drug-likeness (QED) is 0.385. The van der Waals surface area contributed by atoms with E-state index >= 15 is 0 Å². The molecule has 3 N–H and O–H groups in total. The Kier molecular flexibility index (Phi) is 3.77. The summed E-state index contributed by atoms with van der Waals surface area (Å²) in [6, 6.07) is 0. The molecule has 0 saturated heterocycles. The van der Waals surface area contributed by atoms with Crippen molar-refractivity contribution in [3.63, 3.8) is 0 Å².